The number of carbonyl (C=O) groups excluding carboxylic acids is 3. The average Bonchev–Trinajstić information content (AvgIpc) is 3.17. The van der Waals surface area contributed by atoms with Crippen molar-refractivity contribution in [1.29, 1.82) is 0 Å². The molecule has 8 heteroatoms. The topological polar surface area (TPSA) is 102 Å². The van der Waals surface area contributed by atoms with Gasteiger partial charge < -0.3 is 15.8 Å². The van der Waals surface area contributed by atoms with E-state index in [1.807, 2.05) is 47.5 Å². The second-order valence-electron chi connectivity index (χ2n) is 7.32. The molecule has 1 aliphatic heterocycles. The van der Waals surface area contributed by atoms with Crippen LogP contribution in [0, 0.1) is 5.92 Å². The number of esters is 1. The lowest BCUT2D eigenvalue weighted by molar-refractivity contribution is -0.124. The van der Waals surface area contributed by atoms with Gasteiger partial charge in [0.1, 0.15) is 10.6 Å². The molecule has 1 fully saturated rings. The molecule has 3 N–H and O–H groups in total. The van der Waals surface area contributed by atoms with E-state index in [0.29, 0.717) is 36.5 Å². The van der Waals surface area contributed by atoms with E-state index in [9.17, 15) is 14.4 Å². The molecule has 2 heterocycles. The number of nitrogens with one attached hydrogen (secondary N) is 1. The van der Waals surface area contributed by atoms with E-state index in [1.165, 1.54) is 11.3 Å². The van der Waals surface area contributed by atoms with E-state index < -0.39 is 12.0 Å². The molecule has 2 aromatic rings. The number of ether oxygens (including phenoxy) is 1. The Bertz CT molecular complexity index is 904. The number of nitrogens with zero attached hydrogens (tertiary/aromatic N) is 1. The van der Waals surface area contributed by atoms with Crippen molar-refractivity contribution in [2.24, 2.45) is 11.7 Å². The molecule has 1 aromatic heterocycles. The Hall–Kier alpha value is -2.71. The first-order valence-corrected chi connectivity index (χ1v) is 11.0. The van der Waals surface area contributed by atoms with Crippen LogP contribution in [0.5, 0.6) is 0 Å². The van der Waals surface area contributed by atoms with Crippen molar-refractivity contribution in [2.75, 3.05) is 25.0 Å². The monoisotopic (exact) mass is 429 g/mol. The van der Waals surface area contributed by atoms with Crippen molar-refractivity contribution < 1.29 is 19.1 Å². The molecule has 0 bridgehead atoms. The number of carbonyl (C=O) groups is 3. The van der Waals surface area contributed by atoms with Crippen LogP contribution >= 0.6 is 11.3 Å². The molecule has 160 valence electrons. The molecule has 1 saturated heterocycles. The van der Waals surface area contributed by atoms with Crippen LogP contribution in [0.1, 0.15) is 37.0 Å². The number of benzene rings is 1. The first kappa shape index (κ1) is 22.0. The zero-order chi connectivity index (χ0) is 21.7. The first-order valence-electron chi connectivity index (χ1n) is 10.1. The Labute approximate surface area is 180 Å². The van der Waals surface area contributed by atoms with E-state index in [1.54, 1.807) is 6.92 Å². The summed E-state index contributed by atoms with van der Waals surface area (Å²) in [6.45, 7) is 5.10. The summed E-state index contributed by atoms with van der Waals surface area (Å²) in [5.41, 5.74) is 7.40. The predicted octanol–water partition coefficient (Wildman–Crippen LogP) is 3.12. The van der Waals surface area contributed by atoms with Crippen LogP contribution in [-0.2, 0) is 14.3 Å². The normalized spacial score (nSPS) is 16.1. The van der Waals surface area contributed by atoms with Crippen molar-refractivity contribution in [2.45, 2.75) is 32.7 Å². The van der Waals surface area contributed by atoms with Gasteiger partial charge in [-0.1, -0.05) is 30.3 Å². The van der Waals surface area contributed by atoms with Gasteiger partial charge in [0.2, 0.25) is 11.8 Å². The first-order chi connectivity index (χ1) is 14.4. The summed E-state index contributed by atoms with van der Waals surface area (Å²) in [6.07, 6.45) is 1.30. The SMILES string of the molecule is CCOC(=O)c1c(-c2ccccc2)csc1NC(=O)C(C)N1CCC(C(N)=O)CC1. The maximum Gasteiger partial charge on any atom is 0.341 e. The third-order valence-electron chi connectivity index (χ3n) is 5.45. The molecule has 30 heavy (non-hydrogen) atoms. The second kappa shape index (κ2) is 9.86. The molecule has 3 rings (SSSR count). The maximum absolute atomic E-state index is 12.9. The van der Waals surface area contributed by atoms with Crippen molar-refractivity contribution in [1.82, 2.24) is 4.90 Å². The highest BCUT2D eigenvalue weighted by molar-refractivity contribution is 7.15. The van der Waals surface area contributed by atoms with Gasteiger partial charge in [-0.05, 0) is 45.3 Å². The second-order valence-corrected chi connectivity index (χ2v) is 8.20. The van der Waals surface area contributed by atoms with Gasteiger partial charge in [0.05, 0.1) is 12.6 Å². The molecule has 7 nitrogen and oxygen atoms in total. The van der Waals surface area contributed by atoms with Gasteiger partial charge in [0.15, 0.2) is 0 Å². The number of piperidine rings is 1. The van der Waals surface area contributed by atoms with Crippen LogP contribution in [0.3, 0.4) is 0 Å². The van der Waals surface area contributed by atoms with Crippen LogP contribution < -0.4 is 11.1 Å². The number of primary amides is 1. The van der Waals surface area contributed by atoms with E-state index in [4.69, 9.17) is 10.5 Å². The minimum absolute atomic E-state index is 0.127. The van der Waals surface area contributed by atoms with E-state index in [-0.39, 0.29) is 24.3 Å². The van der Waals surface area contributed by atoms with Gasteiger partial charge >= 0.3 is 5.97 Å². The number of amides is 2. The number of rotatable bonds is 7. The highest BCUT2D eigenvalue weighted by Crippen LogP contribution is 2.36. The summed E-state index contributed by atoms with van der Waals surface area (Å²) in [7, 11) is 0. The molecule has 1 aliphatic rings. The number of thiophene rings is 1. The Morgan fingerprint density at radius 3 is 2.50 bits per heavy atom. The third kappa shape index (κ3) is 4.88. The highest BCUT2D eigenvalue weighted by Gasteiger charge is 2.30. The van der Waals surface area contributed by atoms with Gasteiger partial charge in [0.25, 0.3) is 0 Å². The lowest BCUT2D eigenvalue weighted by Crippen LogP contribution is -2.47. The van der Waals surface area contributed by atoms with Crippen LogP contribution in [0.4, 0.5) is 5.00 Å². The Morgan fingerprint density at radius 2 is 1.90 bits per heavy atom. The lowest BCUT2D eigenvalue weighted by atomic mass is 9.95. The number of likely N-dealkylation sites (tertiary alicyclic amines) is 1. The number of hydrogen-bond acceptors (Lipinski definition) is 6. The van der Waals surface area contributed by atoms with E-state index >= 15 is 0 Å². The van der Waals surface area contributed by atoms with Crippen molar-refractivity contribution in [3.63, 3.8) is 0 Å². The largest absolute Gasteiger partial charge is 0.462 e. The molecular weight excluding hydrogens is 402 g/mol. The fraction of sp³-hybridized carbons (Fsp3) is 0.409. The van der Waals surface area contributed by atoms with Gasteiger partial charge in [-0.15, -0.1) is 11.3 Å². The summed E-state index contributed by atoms with van der Waals surface area (Å²) < 4.78 is 5.24. The summed E-state index contributed by atoms with van der Waals surface area (Å²) in [6, 6.07) is 9.15. The molecular formula is C22H27N3O4S. The quantitative estimate of drug-likeness (QED) is 0.659. The van der Waals surface area contributed by atoms with Gasteiger partial charge in [-0.3, -0.25) is 14.5 Å². The van der Waals surface area contributed by atoms with Crippen LogP contribution in [-0.4, -0.2) is 48.4 Å². The van der Waals surface area contributed by atoms with Crippen molar-refractivity contribution in [3.8, 4) is 11.1 Å². The van der Waals surface area contributed by atoms with E-state index in [0.717, 1.165) is 11.1 Å². The van der Waals surface area contributed by atoms with Crippen molar-refractivity contribution in [3.05, 3.63) is 41.3 Å². The summed E-state index contributed by atoms with van der Waals surface area (Å²) in [5, 5.41) is 5.26. The Morgan fingerprint density at radius 1 is 1.23 bits per heavy atom. The number of anilines is 1. The van der Waals surface area contributed by atoms with Crippen LogP contribution in [0.2, 0.25) is 0 Å². The minimum Gasteiger partial charge on any atom is -0.462 e. The molecule has 1 atom stereocenters. The summed E-state index contributed by atoms with van der Waals surface area (Å²) in [5.74, 6) is -1.06. The zero-order valence-corrected chi connectivity index (χ0v) is 18.0. The van der Waals surface area contributed by atoms with Crippen molar-refractivity contribution >= 4 is 34.1 Å². The van der Waals surface area contributed by atoms with E-state index in [2.05, 4.69) is 5.32 Å². The van der Waals surface area contributed by atoms with Crippen LogP contribution in [0.25, 0.3) is 11.1 Å². The smallest absolute Gasteiger partial charge is 0.341 e. The maximum atomic E-state index is 12.9. The molecule has 2 amide bonds. The molecule has 0 saturated carbocycles. The third-order valence-corrected chi connectivity index (χ3v) is 6.35. The molecule has 0 aliphatic carbocycles. The van der Waals surface area contributed by atoms with Gasteiger partial charge in [0, 0.05) is 16.9 Å². The highest BCUT2D eigenvalue weighted by atomic mass is 32.1. The van der Waals surface area contributed by atoms with Crippen LogP contribution in [0.15, 0.2) is 35.7 Å². The number of hydrogen-bond donors (Lipinski definition) is 2. The molecule has 0 spiro atoms. The standard InChI is InChI=1S/C22H27N3O4S/c1-3-29-22(28)18-17(15-7-5-4-6-8-15)13-30-21(18)24-20(27)14(2)25-11-9-16(10-12-25)19(23)26/h4-8,13-14,16H,3,9-12H2,1-2H3,(H2,23,26)(H,24,27). The Balaban J connectivity index is 1.77. The molecule has 1 aromatic carbocycles. The average molecular weight is 430 g/mol. The van der Waals surface area contributed by atoms with Gasteiger partial charge in [-0.2, -0.15) is 0 Å². The van der Waals surface area contributed by atoms with Gasteiger partial charge in [-0.25, -0.2) is 4.79 Å². The zero-order valence-electron chi connectivity index (χ0n) is 17.2. The lowest BCUT2D eigenvalue weighted by Gasteiger charge is -2.34. The minimum atomic E-state index is -0.456. The summed E-state index contributed by atoms with van der Waals surface area (Å²) in [4.78, 5) is 39.0. The Kier molecular flexibility index (Phi) is 7.23. The number of nitrogens with two attached hydrogens (primary N) is 1. The predicted molar refractivity (Wildman–Crippen MR) is 117 cm³/mol. The molecule has 0 radical (unpaired) electrons. The fourth-order valence-electron chi connectivity index (χ4n) is 3.64. The summed E-state index contributed by atoms with van der Waals surface area (Å²) >= 11 is 1.31. The fourth-order valence-corrected chi connectivity index (χ4v) is 4.60. The molecule has 1 unspecified atom stereocenters.